The lowest BCUT2D eigenvalue weighted by molar-refractivity contribution is 0.483. The molecule has 5 nitrogen and oxygen atoms in total. The predicted octanol–water partition coefficient (Wildman–Crippen LogP) is 11.6. The number of nitrogens with zero attached hydrogens (tertiary/aromatic N) is 4. The molecule has 0 atom stereocenters. The second kappa shape index (κ2) is 11.8. The average molecular weight is 649 g/mol. The zero-order chi connectivity index (χ0) is 34.7. The van der Waals surface area contributed by atoms with Gasteiger partial charge in [-0.3, -0.25) is 4.57 Å². The molecule has 0 radical (unpaired) electrons. The Morgan fingerprint density at radius 3 is 2.02 bits per heavy atom. The summed E-state index contributed by atoms with van der Waals surface area (Å²) in [4.78, 5) is 9.45. The van der Waals surface area contributed by atoms with E-state index in [0.29, 0.717) is 0 Å². The monoisotopic (exact) mass is 648 g/mol. The number of hydrogen-bond acceptors (Lipinski definition) is 4. The number of anilines is 2. The van der Waals surface area contributed by atoms with E-state index in [1.807, 2.05) is 12.3 Å². The molecule has 3 heterocycles. The highest BCUT2D eigenvalue weighted by molar-refractivity contribution is 6.09. The van der Waals surface area contributed by atoms with Gasteiger partial charge in [0, 0.05) is 52.9 Å². The molecule has 2 aromatic heterocycles. The fourth-order valence-electron chi connectivity index (χ4n) is 6.73. The van der Waals surface area contributed by atoms with Crippen molar-refractivity contribution in [2.24, 2.45) is 0 Å². The van der Waals surface area contributed by atoms with Crippen molar-refractivity contribution in [1.29, 1.82) is 0 Å². The third-order valence-electron chi connectivity index (χ3n) is 9.58. The summed E-state index contributed by atoms with van der Waals surface area (Å²) in [6.07, 6.45) is 6.26. The Morgan fingerprint density at radius 2 is 1.27 bits per heavy atom. The molecule has 1 aliphatic rings. The van der Waals surface area contributed by atoms with E-state index >= 15 is 0 Å². The summed E-state index contributed by atoms with van der Waals surface area (Å²) in [6, 6.07) is 34.6. The summed E-state index contributed by atoms with van der Waals surface area (Å²) in [7, 11) is 0. The minimum Gasteiger partial charge on any atom is -0.457 e. The first kappa shape index (κ1) is 32.5. The second-order valence-corrected chi connectivity index (χ2v) is 16.4. The lowest BCUT2D eigenvalue weighted by Gasteiger charge is -2.31. The molecule has 4 aromatic carbocycles. The number of hydrogen-bond donors (Lipinski definition) is 0. The van der Waals surface area contributed by atoms with Crippen molar-refractivity contribution in [1.82, 2.24) is 9.55 Å². The molecule has 0 saturated heterocycles. The molecule has 0 spiro atoms. The first-order chi connectivity index (χ1) is 23.2. The van der Waals surface area contributed by atoms with Gasteiger partial charge in [0.25, 0.3) is 0 Å². The Bertz CT molecular complexity index is 2200. The van der Waals surface area contributed by atoms with Gasteiger partial charge >= 0.3 is 0 Å². The molecule has 0 amide bonds. The third kappa shape index (κ3) is 6.30. The first-order valence-electron chi connectivity index (χ1n) is 17.3. The number of pyridine rings is 1. The van der Waals surface area contributed by atoms with E-state index in [4.69, 9.17) is 9.72 Å². The summed E-state index contributed by atoms with van der Waals surface area (Å²) in [5.74, 6) is 2.49. The maximum absolute atomic E-state index is 6.57. The predicted molar refractivity (Wildman–Crippen MR) is 207 cm³/mol. The highest BCUT2D eigenvalue weighted by Gasteiger charge is 2.26. The van der Waals surface area contributed by atoms with Gasteiger partial charge < -0.3 is 14.5 Å². The van der Waals surface area contributed by atoms with Gasteiger partial charge in [0.05, 0.1) is 17.7 Å². The molecular formula is C44H48N4O. The van der Waals surface area contributed by atoms with Crippen LogP contribution in [0.25, 0.3) is 27.6 Å². The highest BCUT2D eigenvalue weighted by Crippen LogP contribution is 2.39. The van der Waals surface area contributed by atoms with Crippen LogP contribution in [0.1, 0.15) is 79.0 Å². The van der Waals surface area contributed by atoms with E-state index in [-0.39, 0.29) is 16.2 Å². The SMILES string of the molecule is CC(C)(C)c1ccnc(-n2c3ccccc3c3ccc(Oc4cccc(N5C=CN(c6ccc(C(C)(C)C)cc6C(C)(C)C)C5)c4)cc32)c1. The van der Waals surface area contributed by atoms with Crippen molar-refractivity contribution in [3.8, 4) is 17.3 Å². The largest absolute Gasteiger partial charge is 0.457 e. The fraction of sp³-hybridized carbons (Fsp3) is 0.295. The van der Waals surface area contributed by atoms with Crippen molar-refractivity contribution < 1.29 is 4.74 Å². The Labute approximate surface area is 291 Å². The molecule has 49 heavy (non-hydrogen) atoms. The van der Waals surface area contributed by atoms with Crippen LogP contribution in [-0.4, -0.2) is 16.2 Å². The van der Waals surface area contributed by atoms with Crippen LogP contribution in [0.4, 0.5) is 11.4 Å². The fourth-order valence-corrected chi connectivity index (χ4v) is 6.73. The van der Waals surface area contributed by atoms with Crippen molar-refractivity contribution in [3.63, 3.8) is 0 Å². The van der Waals surface area contributed by atoms with E-state index in [1.165, 1.54) is 33.2 Å². The highest BCUT2D eigenvalue weighted by atomic mass is 16.5. The van der Waals surface area contributed by atoms with Crippen LogP contribution in [0, 0.1) is 0 Å². The Hall–Kier alpha value is -5.03. The molecule has 6 aromatic rings. The van der Waals surface area contributed by atoms with Crippen LogP contribution < -0.4 is 14.5 Å². The number of ether oxygens (including phenoxy) is 1. The molecule has 250 valence electrons. The van der Waals surface area contributed by atoms with E-state index in [1.54, 1.807) is 0 Å². The van der Waals surface area contributed by atoms with E-state index < -0.39 is 0 Å². The molecule has 7 rings (SSSR count). The lowest BCUT2D eigenvalue weighted by Crippen LogP contribution is -2.27. The summed E-state index contributed by atoms with van der Waals surface area (Å²) in [6.45, 7) is 21.2. The van der Waals surface area contributed by atoms with Crippen molar-refractivity contribution in [2.75, 3.05) is 16.5 Å². The van der Waals surface area contributed by atoms with Crippen LogP contribution in [0.2, 0.25) is 0 Å². The molecular weight excluding hydrogens is 601 g/mol. The standard InChI is InChI=1S/C44H48N4O/c1-42(2,3)30-17-20-39(37(25-30)44(7,8)9)47-24-23-46(29-47)32-13-12-14-33(27-32)49-34-18-19-36-35-15-10-11-16-38(35)48(40(36)28-34)41-26-31(21-22-45-41)43(4,5)6/h10-28H,29H2,1-9H3. The molecule has 0 N–H and O–H groups in total. The van der Waals surface area contributed by atoms with Crippen LogP contribution in [0.5, 0.6) is 11.5 Å². The van der Waals surface area contributed by atoms with Crippen LogP contribution >= 0.6 is 0 Å². The molecule has 0 aliphatic carbocycles. The maximum Gasteiger partial charge on any atom is 0.137 e. The molecule has 1 aliphatic heterocycles. The van der Waals surface area contributed by atoms with Crippen LogP contribution in [-0.2, 0) is 16.2 Å². The number of benzene rings is 4. The molecule has 0 bridgehead atoms. The minimum atomic E-state index is 0.0169. The molecule has 0 unspecified atom stereocenters. The topological polar surface area (TPSA) is 33.5 Å². The number of para-hydroxylation sites is 1. The second-order valence-electron chi connectivity index (χ2n) is 16.4. The summed E-state index contributed by atoms with van der Waals surface area (Å²) in [5, 5.41) is 2.37. The summed E-state index contributed by atoms with van der Waals surface area (Å²) in [5.41, 5.74) is 8.63. The maximum atomic E-state index is 6.57. The Balaban J connectivity index is 1.18. The minimum absolute atomic E-state index is 0.0169. The summed E-state index contributed by atoms with van der Waals surface area (Å²) >= 11 is 0. The van der Waals surface area contributed by atoms with Gasteiger partial charge in [-0.2, -0.15) is 0 Å². The Kier molecular flexibility index (Phi) is 7.85. The number of rotatable bonds is 5. The van der Waals surface area contributed by atoms with Crippen LogP contribution in [0.3, 0.4) is 0 Å². The van der Waals surface area contributed by atoms with E-state index in [2.05, 4.69) is 180 Å². The molecule has 5 heteroatoms. The lowest BCUT2D eigenvalue weighted by atomic mass is 9.79. The molecule has 0 saturated carbocycles. The van der Waals surface area contributed by atoms with Crippen molar-refractivity contribution >= 4 is 33.2 Å². The van der Waals surface area contributed by atoms with Gasteiger partial charge in [-0.05, 0) is 81.5 Å². The zero-order valence-electron chi connectivity index (χ0n) is 30.4. The van der Waals surface area contributed by atoms with Gasteiger partial charge in [-0.1, -0.05) is 98.7 Å². The third-order valence-corrected chi connectivity index (χ3v) is 9.58. The normalized spacial score (nSPS) is 14.0. The van der Waals surface area contributed by atoms with Crippen LogP contribution in [0.15, 0.2) is 116 Å². The zero-order valence-corrected chi connectivity index (χ0v) is 30.4. The first-order valence-corrected chi connectivity index (χ1v) is 17.3. The van der Waals surface area contributed by atoms with Gasteiger partial charge in [-0.25, -0.2) is 4.98 Å². The summed E-state index contributed by atoms with van der Waals surface area (Å²) < 4.78 is 8.83. The smallest absolute Gasteiger partial charge is 0.137 e. The van der Waals surface area contributed by atoms with Gasteiger partial charge in [0.2, 0.25) is 0 Å². The Morgan fingerprint density at radius 1 is 0.571 bits per heavy atom. The average Bonchev–Trinajstić information content (AvgIpc) is 3.67. The molecule has 0 fully saturated rings. The number of fused-ring (bicyclic) bond motifs is 3. The quantitative estimate of drug-likeness (QED) is 0.186. The van der Waals surface area contributed by atoms with E-state index in [0.717, 1.165) is 40.7 Å². The number of aromatic nitrogens is 2. The van der Waals surface area contributed by atoms with E-state index in [9.17, 15) is 0 Å². The van der Waals surface area contributed by atoms with Gasteiger partial charge in [-0.15, -0.1) is 0 Å². The van der Waals surface area contributed by atoms with Gasteiger partial charge in [0.15, 0.2) is 0 Å². The van der Waals surface area contributed by atoms with Crippen molar-refractivity contribution in [3.05, 3.63) is 132 Å². The van der Waals surface area contributed by atoms with Gasteiger partial charge in [0.1, 0.15) is 17.3 Å². The van der Waals surface area contributed by atoms with Crippen molar-refractivity contribution in [2.45, 2.75) is 78.6 Å².